The van der Waals surface area contributed by atoms with Crippen molar-refractivity contribution in [3.8, 4) is 0 Å². The largest absolute Gasteiger partial charge is 0.207 e. The molecule has 0 saturated heterocycles. The van der Waals surface area contributed by atoms with Crippen molar-refractivity contribution in [2.75, 3.05) is 0 Å². The van der Waals surface area contributed by atoms with E-state index in [1.165, 1.54) is 12.2 Å². The van der Waals surface area contributed by atoms with Crippen molar-refractivity contribution in [3.05, 3.63) is 42.4 Å². The molecule has 0 aromatic heterocycles. The maximum Gasteiger partial charge on any atom is 0.126 e. The van der Waals surface area contributed by atoms with Gasteiger partial charge < -0.3 is 0 Å². The Bertz CT molecular complexity index is 169. The van der Waals surface area contributed by atoms with Gasteiger partial charge in [-0.05, 0) is 13.0 Å². The highest BCUT2D eigenvalue weighted by molar-refractivity contribution is 5.11. The Morgan fingerprint density at radius 1 is 1.67 bits per heavy atom. The van der Waals surface area contributed by atoms with Crippen molar-refractivity contribution in [2.45, 2.75) is 6.92 Å². The molecule has 0 aromatic rings. The molecule has 0 fully saturated rings. The molecule has 0 aliphatic heterocycles. The van der Waals surface area contributed by atoms with Crippen molar-refractivity contribution in [2.24, 2.45) is 0 Å². The highest BCUT2D eigenvalue weighted by Gasteiger charge is 1.76. The van der Waals surface area contributed by atoms with Crippen LogP contribution in [0.15, 0.2) is 42.4 Å². The third-order valence-corrected chi connectivity index (χ3v) is 0.711. The van der Waals surface area contributed by atoms with E-state index in [0.29, 0.717) is 0 Å². The van der Waals surface area contributed by atoms with Crippen LogP contribution in [0.25, 0.3) is 0 Å². The van der Waals surface area contributed by atoms with Crippen molar-refractivity contribution in [3.63, 3.8) is 0 Å². The Morgan fingerprint density at radius 3 is 2.78 bits per heavy atom. The van der Waals surface area contributed by atoms with Crippen LogP contribution in [0.5, 0.6) is 0 Å². The normalized spacial score (nSPS) is 9.78. The number of rotatable bonds is 2. The zero-order chi connectivity index (χ0) is 7.11. The Labute approximate surface area is 54.7 Å². The van der Waals surface area contributed by atoms with E-state index < -0.39 is 0 Å². The first kappa shape index (κ1) is 7.93. The van der Waals surface area contributed by atoms with E-state index in [1.54, 1.807) is 19.1 Å². The zero-order valence-electron chi connectivity index (χ0n) is 5.39. The minimum Gasteiger partial charge on any atom is -0.207 e. The summed E-state index contributed by atoms with van der Waals surface area (Å²) in [6.07, 6.45) is 5.70. The molecule has 0 aliphatic carbocycles. The third-order valence-electron chi connectivity index (χ3n) is 0.711. The SMILES string of the molecule is C=CC=C=C/C(F)=C\C. The second-order valence-corrected chi connectivity index (χ2v) is 1.39. The van der Waals surface area contributed by atoms with Crippen LogP contribution < -0.4 is 0 Å². The van der Waals surface area contributed by atoms with Crippen molar-refractivity contribution >= 4 is 0 Å². The first-order chi connectivity index (χ1) is 4.31. The molecular weight excluding hydrogens is 115 g/mol. The number of hydrogen-bond donors (Lipinski definition) is 0. The Kier molecular flexibility index (Phi) is 4.47. The molecule has 0 spiro atoms. The van der Waals surface area contributed by atoms with Gasteiger partial charge in [0.1, 0.15) is 5.83 Å². The van der Waals surface area contributed by atoms with Gasteiger partial charge in [-0.15, -0.1) is 5.73 Å². The molecule has 0 saturated carbocycles. The van der Waals surface area contributed by atoms with E-state index in [2.05, 4.69) is 12.3 Å². The fourth-order valence-electron chi connectivity index (χ4n) is 0.279. The van der Waals surface area contributed by atoms with Crippen molar-refractivity contribution < 1.29 is 4.39 Å². The predicted octanol–water partition coefficient (Wildman–Crippen LogP) is 2.76. The highest BCUT2D eigenvalue weighted by Crippen LogP contribution is 1.94. The lowest BCUT2D eigenvalue weighted by Crippen LogP contribution is -1.56. The smallest absolute Gasteiger partial charge is 0.126 e. The van der Waals surface area contributed by atoms with Crippen LogP contribution in [0.3, 0.4) is 0 Å². The van der Waals surface area contributed by atoms with E-state index in [1.807, 2.05) is 0 Å². The van der Waals surface area contributed by atoms with E-state index >= 15 is 0 Å². The summed E-state index contributed by atoms with van der Waals surface area (Å²) < 4.78 is 12.1. The van der Waals surface area contributed by atoms with Gasteiger partial charge in [0.25, 0.3) is 0 Å². The minimum absolute atomic E-state index is 0.284. The van der Waals surface area contributed by atoms with Crippen LogP contribution in [0.1, 0.15) is 6.92 Å². The van der Waals surface area contributed by atoms with Gasteiger partial charge in [0.15, 0.2) is 0 Å². The number of halogens is 1. The molecule has 0 aromatic carbocycles. The van der Waals surface area contributed by atoms with Gasteiger partial charge in [-0.1, -0.05) is 18.7 Å². The molecule has 0 rings (SSSR count). The number of hydrogen-bond acceptors (Lipinski definition) is 0. The van der Waals surface area contributed by atoms with Gasteiger partial charge >= 0.3 is 0 Å². The molecule has 0 nitrogen and oxygen atoms in total. The van der Waals surface area contributed by atoms with Crippen molar-refractivity contribution in [1.29, 1.82) is 0 Å². The Hall–Kier alpha value is -1.07. The van der Waals surface area contributed by atoms with Gasteiger partial charge in [-0.3, -0.25) is 0 Å². The standard InChI is InChI=1S/C8H9F/c1-3-5-6-7-8(9)4-2/h3-5,7H,1H2,2H3/b8-4+. The second-order valence-electron chi connectivity index (χ2n) is 1.39. The summed E-state index contributed by atoms with van der Waals surface area (Å²) in [5.41, 5.74) is 2.57. The fraction of sp³-hybridized carbons (Fsp3) is 0.125. The Balaban J connectivity index is 3.99. The highest BCUT2D eigenvalue weighted by atomic mass is 19.1. The van der Waals surface area contributed by atoms with Gasteiger partial charge in [0, 0.05) is 6.08 Å². The lowest BCUT2D eigenvalue weighted by atomic mass is 10.4. The molecule has 0 N–H and O–H groups in total. The van der Waals surface area contributed by atoms with Crippen LogP contribution in [0, 0.1) is 0 Å². The maximum absolute atomic E-state index is 12.1. The molecular formula is C8H9F. The molecule has 0 unspecified atom stereocenters. The predicted molar refractivity (Wildman–Crippen MR) is 37.7 cm³/mol. The summed E-state index contributed by atoms with van der Waals surface area (Å²) in [6, 6.07) is 0. The van der Waals surface area contributed by atoms with Crippen molar-refractivity contribution in [1.82, 2.24) is 0 Å². The van der Waals surface area contributed by atoms with Crippen LogP contribution in [0.2, 0.25) is 0 Å². The average molecular weight is 124 g/mol. The topological polar surface area (TPSA) is 0 Å². The molecule has 0 atom stereocenters. The van der Waals surface area contributed by atoms with Gasteiger partial charge in [-0.2, -0.15) is 0 Å². The molecule has 48 valence electrons. The van der Waals surface area contributed by atoms with Crippen LogP contribution >= 0.6 is 0 Å². The van der Waals surface area contributed by atoms with Gasteiger partial charge in [-0.25, -0.2) is 4.39 Å². The summed E-state index contributed by atoms with van der Waals surface area (Å²) >= 11 is 0. The van der Waals surface area contributed by atoms with Crippen LogP contribution in [-0.4, -0.2) is 0 Å². The van der Waals surface area contributed by atoms with E-state index in [9.17, 15) is 4.39 Å². The summed E-state index contributed by atoms with van der Waals surface area (Å²) in [4.78, 5) is 0. The first-order valence-corrected chi connectivity index (χ1v) is 2.66. The molecule has 1 heteroatoms. The molecule has 0 bridgehead atoms. The first-order valence-electron chi connectivity index (χ1n) is 2.66. The fourth-order valence-corrected chi connectivity index (χ4v) is 0.279. The average Bonchev–Trinajstić information content (AvgIpc) is 1.89. The summed E-state index contributed by atoms with van der Waals surface area (Å²) in [7, 11) is 0. The molecule has 0 aliphatic rings. The van der Waals surface area contributed by atoms with E-state index in [0.717, 1.165) is 0 Å². The Morgan fingerprint density at radius 2 is 2.33 bits per heavy atom. The minimum atomic E-state index is -0.284. The van der Waals surface area contributed by atoms with E-state index in [-0.39, 0.29) is 5.83 Å². The van der Waals surface area contributed by atoms with Crippen LogP contribution in [-0.2, 0) is 0 Å². The van der Waals surface area contributed by atoms with Gasteiger partial charge in [0.2, 0.25) is 0 Å². The summed E-state index contributed by atoms with van der Waals surface area (Å²) in [5, 5.41) is 0. The lowest BCUT2D eigenvalue weighted by Gasteiger charge is -1.74. The second kappa shape index (κ2) is 5.07. The quantitative estimate of drug-likeness (QED) is 0.392. The molecule has 0 radical (unpaired) electrons. The molecule has 9 heavy (non-hydrogen) atoms. The third kappa shape index (κ3) is 4.79. The van der Waals surface area contributed by atoms with Gasteiger partial charge in [0.05, 0.1) is 0 Å². The monoisotopic (exact) mass is 124 g/mol. The zero-order valence-corrected chi connectivity index (χ0v) is 5.39. The number of allylic oxidation sites excluding steroid dienone is 4. The molecule has 0 amide bonds. The van der Waals surface area contributed by atoms with Crippen LogP contribution in [0.4, 0.5) is 4.39 Å². The lowest BCUT2D eigenvalue weighted by molar-refractivity contribution is 0.665. The summed E-state index contributed by atoms with van der Waals surface area (Å²) in [6.45, 7) is 5.03. The van der Waals surface area contributed by atoms with E-state index in [4.69, 9.17) is 0 Å². The summed E-state index contributed by atoms with van der Waals surface area (Å²) in [5.74, 6) is -0.284. The molecule has 0 heterocycles. The maximum atomic E-state index is 12.1.